The van der Waals surface area contributed by atoms with Crippen LogP contribution in [0, 0.1) is 0 Å². The van der Waals surface area contributed by atoms with Gasteiger partial charge in [0, 0.05) is 16.8 Å². The van der Waals surface area contributed by atoms with Gasteiger partial charge in [-0.2, -0.15) is 0 Å². The largest absolute Gasteiger partial charge is 0.466 e. The molecule has 20 heavy (non-hydrogen) atoms. The molecule has 0 bridgehead atoms. The van der Waals surface area contributed by atoms with E-state index in [1.54, 1.807) is 18.3 Å². The minimum absolute atomic E-state index is 0.229. The molecular weight excluding hydrogens is 316 g/mol. The first-order chi connectivity index (χ1) is 9.67. The highest BCUT2D eigenvalue weighted by Gasteiger charge is 2.08. The van der Waals surface area contributed by atoms with Crippen LogP contribution in [-0.4, -0.2) is 24.1 Å². The van der Waals surface area contributed by atoms with Crippen molar-refractivity contribution >= 4 is 45.4 Å². The molecule has 1 N–H and O–H groups in total. The average Bonchev–Trinajstić information content (AvgIpc) is 3.00. The first-order valence-electron chi connectivity index (χ1n) is 6.25. The molecule has 0 saturated carbocycles. The summed E-state index contributed by atoms with van der Waals surface area (Å²) in [5.74, 6) is -0.238. The van der Waals surface area contributed by atoms with E-state index in [2.05, 4.69) is 10.3 Å². The van der Waals surface area contributed by atoms with Crippen molar-refractivity contribution in [3.05, 3.63) is 32.4 Å². The number of nitrogens with one attached hydrogen (secondary N) is 1. The highest BCUT2D eigenvalue weighted by Crippen LogP contribution is 2.22. The second kappa shape index (κ2) is 7.61. The van der Waals surface area contributed by atoms with Crippen molar-refractivity contribution in [3.8, 4) is 0 Å². The number of thiazole rings is 1. The molecule has 4 nitrogen and oxygen atoms in total. The highest BCUT2D eigenvalue weighted by molar-refractivity contribution is 7.16. The van der Waals surface area contributed by atoms with Gasteiger partial charge in [-0.25, -0.2) is 4.98 Å². The molecule has 2 aromatic rings. The molecule has 0 spiro atoms. The van der Waals surface area contributed by atoms with Crippen LogP contribution in [0.4, 0.5) is 5.13 Å². The molecule has 0 fully saturated rings. The number of aromatic nitrogens is 1. The van der Waals surface area contributed by atoms with Gasteiger partial charge in [0.1, 0.15) is 0 Å². The average molecular weight is 331 g/mol. The number of hydrogen-bond acceptors (Lipinski definition) is 6. The number of rotatable bonds is 7. The molecule has 0 aliphatic rings. The van der Waals surface area contributed by atoms with E-state index in [4.69, 9.17) is 16.3 Å². The summed E-state index contributed by atoms with van der Waals surface area (Å²) < 4.78 is 5.70. The second-order valence-electron chi connectivity index (χ2n) is 4.01. The van der Waals surface area contributed by atoms with E-state index < -0.39 is 0 Å². The zero-order valence-corrected chi connectivity index (χ0v) is 13.4. The summed E-state index contributed by atoms with van der Waals surface area (Å²) in [6.45, 7) is 2.99. The number of esters is 1. The van der Waals surface area contributed by atoms with Crippen LogP contribution in [0.15, 0.2) is 17.5 Å². The van der Waals surface area contributed by atoms with Gasteiger partial charge in [0.15, 0.2) is 5.13 Å². The van der Waals surface area contributed by atoms with Gasteiger partial charge < -0.3 is 10.1 Å². The van der Waals surface area contributed by atoms with E-state index in [1.165, 1.54) is 16.2 Å². The summed E-state index contributed by atoms with van der Waals surface area (Å²) in [5.41, 5.74) is 0.745. The Morgan fingerprint density at radius 1 is 1.50 bits per heavy atom. The molecule has 0 saturated heterocycles. The molecular formula is C13H15ClN2O2S2. The number of hydrogen-bond donors (Lipinski definition) is 1. The van der Waals surface area contributed by atoms with Crippen molar-refractivity contribution in [3.63, 3.8) is 0 Å². The molecule has 0 aromatic carbocycles. The van der Waals surface area contributed by atoms with Crippen molar-refractivity contribution in [2.24, 2.45) is 0 Å². The van der Waals surface area contributed by atoms with Crippen molar-refractivity contribution in [2.75, 3.05) is 18.5 Å². The fourth-order valence-electron chi connectivity index (χ4n) is 1.61. The van der Waals surface area contributed by atoms with Gasteiger partial charge in [-0.3, -0.25) is 4.79 Å². The number of nitrogens with zero attached hydrogens (tertiary/aromatic N) is 1. The lowest BCUT2D eigenvalue weighted by Gasteiger charge is -2.00. The minimum atomic E-state index is -0.238. The Morgan fingerprint density at radius 3 is 3.05 bits per heavy atom. The smallest absolute Gasteiger partial charge is 0.311 e. The van der Waals surface area contributed by atoms with Crippen LogP contribution in [-0.2, 0) is 22.4 Å². The monoisotopic (exact) mass is 330 g/mol. The Kier molecular flexibility index (Phi) is 5.82. The van der Waals surface area contributed by atoms with E-state index in [0.29, 0.717) is 6.61 Å². The Morgan fingerprint density at radius 2 is 2.35 bits per heavy atom. The fraction of sp³-hybridized carbons (Fsp3) is 0.385. The topological polar surface area (TPSA) is 51.2 Å². The van der Waals surface area contributed by atoms with Gasteiger partial charge in [0.25, 0.3) is 0 Å². The van der Waals surface area contributed by atoms with E-state index in [9.17, 15) is 4.79 Å². The zero-order valence-electron chi connectivity index (χ0n) is 11.0. The van der Waals surface area contributed by atoms with Gasteiger partial charge in [0.2, 0.25) is 0 Å². The van der Waals surface area contributed by atoms with E-state index in [0.717, 1.165) is 28.1 Å². The third kappa shape index (κ3) is 4.77. The number of thiophene rings is 1. The van der Waals surface area contributed by atoms with E-state index in [1.807, 2.05) is 17.5 Å². The predicted octanol–water partition coefficient (Wildman–Crippen LogP) is 3.62. The molecule has 0 aliphatic heterocycles. The van der Waals surface area contributed by atoms with Gasteiger partial charge in [-0.1, -0.05) is 11.6 Å². The molecule has 0 radical (unpaired) electrons. The maximum absolute atomic E-state index is 11.3. The number of carbonyl (C=O) groups excluding carboxylic acids is 1. The maximum Gasteiger partial charge on any atom is 0.311 e. The highest BCUT2D eigenvalue weighted by atomic mass is 35.5. The Bertz CT molecular complexity index is 568. The summed E-state index contributed by atoms with van der Waals surface area (Å²) in [5, 5.41) is 5.95. The minimum Gasteiger partial charge on any atom is -0.466 e. The van der Waals surface area contributed by atoms with Crippen molar-refractivity contribution in [1.29, 1.82) is 0 Å². The quantitative estimate of drug-likeness (QED) is 0.788. The van der Waals surface area contributed by atoms with Crippen LogP contribution >= 0.6 is 34.3 Å². The molecule has 0 aliphatic carbocycles. The van der Waals surface area contributed by atoms with Crippen LogP contribution in [0.2, 0.25) is 4.34 Å². The van der Waals surface area contributed by atoms with Crippen molar-refractivity contribution in [2.45, 2.75) is 19.8 Å². The molecule has 0 amide bonds. The second-order valence-corrected chi connectivity index (χ2v) is 6.67. The van der Waals surface area contributed by atoms with Crippen LogP contribution in [0.5, 0.6) is 0 Å². The number of carbonyl (C=O) groups is 1. The van der Waals surface area contributed by atoms with Crippen LogP contribution in [0.1, 0.15) is 17.5 Å². The fourth-order valence-corrected chi connectivity index (χ4v) is 3.43. The molecule has 2 rings (SSSR count). The SMILES string of the molecule is CCOC(=O)Cc1csc(NCCc2ccc(Cl)s2)n1. The summed E-state index contributed by atoms with van der Waals surface area (Å²) in [6, 6.07) is 3.94. The number of anilines is 1. The lowest BCUT2D eigenvalue weighted by atomic mass is 10.3. The summed E-state index contributed by atoms with van der Waals surface area (Å²) in [6.07, 6.45) is 1.14. The first kappa shape index (κ1) is 15.3. The predicted molar refractivity (Wildman–Crippen MR) is 84.0 cm³/mol. The summed E-state index contributed by atoms with van der Waals surface area (Å²) in [7, 11) is 0. The zero-order chi connectivity index (χ0) is 14.4. The summed E-state index contributed by atoms with van der Waals surface area (Å²) >= 11 is 8.96. The van der Waals surface area contributed by atoms with Crippen LogP contribution in [0.3, 0.4) is 0 Å². The molecule has 2 aromatic heterocycles. The first-order valence-corrected chi connectivity index (χ1v) is 8.33. The normalized spacial score (nSPS) is 10.5. The molecule has 7 heteroatoms. The number of halogens is 1. The summed E-state index contributed by atoms with van der Waals surface area (Å²) in [4.78, 5) is 16.9. The Balaban J connectivity index is 1.76. The van der Waals surface area contributed by atoms with Crippen LogP contribution < -0.4 is 5.32 Å². The van der Waals surface area contributed by atoms with E-state index in [-0.39, 0.29) is 12.4 Å². The van der Waals surface area contributed by atoms with Crippen molar-refractivity contribution < 1.29 is 9.53 Å². The standard InChI is InChI=1S/C13H15ClN2O2S2/c1-2-18-12(17)7-9-8-19-13(16-9)15-6-5-10-3-4-11(14)20-10/h3-4,8H,2,5-7H2,1H3,(H,15,16). The van der Waals surface area contributed by atoms with Gasteiger partial charge in [-0.15, -0.1) is 22.7 Å². The van der Waals surface area contributed by atoms with E-state index >= 15 is 0 Å². The van der Waals surface area contributed by atoms with Crippen molar-refractivity contribution in [1.82, 2.24) is 4.98 Å². The van der Waals surface area contributed by atoms with Gasteiger partial charge in [-0.05, 0) is 25.5 Å². The molecule has 2 heterocycles. The number of ether oxygens (including phenoxy) is 1. The Labute approximate surface area is 130 Å². The third-order valence-corrected chi connectivity index (χ3v) is 4.60. The lowest BCUT2D eigenvalue weighted by Crippen LogP contribution is -2.08. The molecule has 108 valence electrons. The maximum atomic E-state index is 11.3. The molecule has 0 atom stereocenters. The van der Waals surface area contributed by atoms with Gasteiger partial charge >= 0.3 is 5.97 Å². The van der Waals surface area contributed by atoms with Gasteiger partial charge in [0.05, 0.1) is 23.1 Å². The lowest BCUT2D eigenvalue weighted by molar-refractivity contribution is -0.142. The third-order valence-electron chi connectivity index (χ3n) is 2.46. The Hall–Kier alpha value is -1.11. The molecule has 0 unspecified atom stereocenters. The van der Waals surface area contributed by atoms with Crippen LogP contribution in [0.25, 0.3) is 0 Å².